The Hall–Kier alpha value is -3.18. The maximum absolute atomic E-state index is 12.5. The van der Waals surface area contributed by atoms with Gasteiger partial charge in [0.15, 0.2) is 6.61 Å². The molecule has 0 spiro atoms. The summed E-state index contributed by atoms with van der Waals surface area (Å²) < 4.78 is 15.7. The van der Waals surface area contributed by atoms with Crippen LogP contribution in [0, 0.1) is 11.3 Å². The van der Waals surface area contributed by atoms with E-state index in [1.165, 1.54) is 25.1 Å². The second-order valence-electron chi connectivity index (χ2n) is 5.48. The van der Waals surface area contributed by atoms with Gasteiger partial charge in [0.05, 0.1) is 18.1 Å². The molecule has 0 aromatic heterocycles. The molecule has 8 nitrogen and oxygen atoms in total. The molecule has 9 heteroatoms. The van der Waals surface area contributed by atoms with Crippen molar-refractivity contribution in [1.82, 2.24) is 0 Å². The number of carboxylic acids is 1. The number of nitrogens with two attached hydrogens (primary N) is 1. The molecule has 0 aliphatic carbocycles. The van der Waals surface area contributed by atoms with Gasteiger partial charge in [0.25, 0.3) is 0 Å². The highest BCUT2D eigenvalue weighted by molar-refractivity contribution is 6.30. The summed E-state index contributed by atoms with van der Waals surface area (Å²) in [4.78, 5) is 23.4. The Morgan fingerprint density at radius 1 is 1.44 bits per heavy atom. The molecule has 1 heterocycles. The molecular formula is C18H17ClN2O6. The molecule has 0 bridgehead atoms. The van der Waals surface area contributed by atoms with Crippen LogP contribution in [0.4, 0.5) is 0 Å². The number of halogens is 1. The van der Waals surface area contributed by atoms with Crippen molar-refractivity contribution in [1.29, 1.82) is 5.26 Å². The van der Waals surface area contributed by atoms with E-state index in [1.54, 1.807) is 6.92 Å². The number of rotatable bonds is 6. The maximum Gasteiger partial charge on any atom is 0.341 e. The minimum Gasteiger partial charge on any atom is -0.482 e. The van der Waals surface area contributed by atoms with Crippen molar-refractivity contribution < 1.29 is 28.9 Å². The molecule has 2 rings (SSSR count). The third kappa shape index (κ3) is 4.33. The van der Waals surface area contributed by atoms with Crippen molar-refractivity contribution in [3.63, 3.8) is 0 Å². The Morgan fingerprint density at radius 2 is 2.15 bits per heavy atom. The molecule has 3 N–H and O–H groups in total. The molecule has 0 saturated heterocycles. The van der Waals surface area contributed by atoms with Crippen LogP contribution in [0.25, 0.3) is 0 Å². The van der Waals surface area contributed by atoms with E-state index < -0.39 is 24.5 Å². The maximum atomic E-state index is 12.5. The molecule has 1 aliphatic rings. The van der Waals surface area contributed by atoms with Gasteiger partial charge in [-0.3, -0.25) is 0 Å². The molecule has 1 unspecified atom stereocenters. The van der Waals surface area contributed by atoms with E-state index in [2.05, 4.69) is 0 Å². The Balaban J connectivity index is 2.67. The average Bonchev–Trinajstić information content (AvgIpc) is 2.60. The van der Waals surface area contributed by atoms with Gasteiger partial charge in [-0.2, -0.15) is 5.26 Å². The number of carbonyl (C=O) groups excluding carboxylic acids is 1. The van der Waals surface area contributed by atoms with Crippen molar-refractivity contribution in [2.24, 2.45) is 5.73 Å². The zero-order chi connectivity index (χ0) is 20.1. The molecule has 1 aromatic carbocycles. The minimum atomic E-state index is -1.18. The second kappa shape index (κ2) is 8.47. The van der Waals surface area contributed by atoms with Crippen LogP contribution in [-0.4, -0.2) is 30.3 Å². The van der Waals surface area contributed by atoms with Gasteiger partial charge < -0.3 is 25.1 Å². The zero-order valence-corrected chi connectivity index (χ0v) is 15.4. The number of nitrogens with zero attached hydrogens (tertiary/aromatic N) is 1. The first-order chi connectivity index (χ1) is 12.8. The lowest BCUT2D eigenvalue weighted by molar-refractivity contribution is -0.140. The van der Waals surface area contributed by atoms with Crippen LogP contribution in [0.3, 0.4) is 0 Å². The molecule has 27 heavy (non-hydrogen) atoms. The first kappa shape index (κ1) is 20.1. The van der Waals surface area contributed by atoms with Crippen LogP contribution in [0.5, 0.6) is 5.75 Å². The van der Waals surface area contributed by atoms with Crippen LogP contribution in [0.1, 0.15) is 25.3 Å². The minimum absolute atomic E-state index is 0.0360. The monoisotopic (exact) mass is 392 g/mol. The molecule has 0 radical (unpaired) electrons. The van der Waals surface area contributed by atoms with E-state index in [0.29, 0.717) is 10.6 Å². The quantitative estimate of drug-likeness (QED) is 0.705. The fourth-order valence-corrected chi connectivity index (χ4v) is 2.86. The zero-order valence-electron chi connectivity index (χ0n) is 14.6. The molecular weight excluding hydrogens is 376 g/mol. The predicted octanol–water partition coefficient (Wildman–Crippen LogP) is 2.45. The number of ether oxygens (including phenoxy) is 3. The number of aliphatic carboxylic acids is 1. The van der Waals surface area contributed by atoms with E-state index in [-0.39, 0.29) is 35.1 Å². The summed E-state index contributed by atoms with van der Waals surface area (Å²) in [6, 6.07) is 6.37. The molecule has 1 aromatic rings. The fourth-order valence-electron chi connectivity index (χ4n) is 2.68. The Labute approximate surface area is 160 Å². The topological polar surface area (TPSA) is 132 Å². The van der Waals surface area contributed by atoms with E-state index >= 15 is 0 Å². The van der Waals surface area contributed by atoms with Crippen molar-refractivity contribution in [2.45, 2.75) is 19.8 Å². The van der Waals surface area contributed by atoms with Gasteiger partial charge in [0.2, 0.25) is 5.88 Å². The lowest BCUT2D eigenvalue weighted by Crippen LogP contribution is -2.26. The van der Waals surface area contributed by atoms with Gasteiger partial charge in [-0.1, -0.05) is 11.6 Å². The Kier molecular flexibility index (Phi) is 6.32. The summed E-state index contributed by atoms with van der Waals surface area (Å²) in [6.45, 7) is 2.66. The number of carboxylic acid groups (broad SMARTS) is 1. The van der Waals surface area contributed by atoms with Gasteiger partial charge >= 0.3 is 11.9 Å². The average molecular weight is 393 g/mol. The standard InChI is InChI=1S/C18H17ClN2O6/c1-3-25-18(24)15-9(2)27-17(21)12(7-20)16(15)11-6-10(19)4-5-13(11)26-8-14(22)23/h4-6,16H,3,8,21H2,1-2H3,(H,22,23). The normalized spacial score (nSPS) is 16.4. The van der Waals surface area contributed by atoms with Crippen molar-refractivity contribution in [3.05, 3.63) is 51.6 Å². The van der Waals surface area contributed by atoms with Crippen LogP contribution < -0.4 is 10.5 Å². The number of nitriles is 1. The first-order valence-corrected chi connectivity index (χ1v) is 8.27. The number of hydrogen-bond acceptors (Lipinski definition) is 7. The molecule has 1 atom stereocenters. The molecule has 1 aliphatic heterocycles. The van der Waals surface area contributed by atoms with E-state index in [9.17, 15) is 14.9 Å². The van der Waals surface area contributed by atoms with Gasteiger partial charge in [0, 0.05) is 10.6 Å². The Bertz CT molecular complexity index is 884. The van der Waals surface area contributed by atoms with E-state index in [1.807, 2.05) is 6.07 Å². The van der Waals surface area contributed by atoms with Crippen molar-refractivity contribution >= 4 is 23.5 Å². The van der Waals surface area contributed by atoms with Gasteiger partial charge in [-0.15, -0.1) is 0 Å². The van der Waals surface area contributed by atoms with Crippen molar-refractivity contribution in [3.8, 4) is 11.8 Å². The number of hydrogen-bond donors (Lipinski definition) is 2. The van der Waals surface area contributed by atoms with Crippen LogP contribution in [0.2, 0.25) is 5.02 Å². The second-order valence-corrected chi connectivity index (χ2v) is 5.92. The molecule has 142 valence electrons. The summed E-state index contributed by atoms with van der Waals surface area (Å²) in [6.07, 6.45) is 0. The number of allylic oxidation sites excluding steroid dienone is 2. The largest absolute Gasteiger partial charge is 0.482 e. The lowest BCUT2D eigenvalue weighted by atomic mass is 9.82. The number of esters is 1. The molecule has 0 saturated carbocycles. The van der Waals surface area contributed by atoms with E-state index in [0.717, 1.165) is 0 Å². The first-order valence-electron chi connectivity index (χ1n) is 7.89. The van der Waals surface area contributed by atoms with Gasteiger partial charge in [0.1, 0.15) is 23.2 Å². The summed E-state index contributed by atoms with van der Waals surface area (Å²) in [5.74, 6) is -2.72. The number of carbonyl (C=O) groups is 2. The van der Waals surface area contributed by atoms with Crippen molar-refractivity contribution in [2.75, 3.05) is 13.2 Å². The van der Waals surface area contributed by atoms with Crippen LogP contribution in [-0.2, 0) is 19.1 Å². The number of benzene rings is 1. The van der Waals surface area contributed by atoms with Gasteiger partial charge in [-0.25, -0.2) is 9.59 Å². The third-order valence-electron chi connectivity index (χ3n) is 3.73. The highest BCUT2D eigenvalue weighted by Gasteiger charge is 2.38. The summed E-state index contributed by atoms with van der Waals surface area (Å²) in [7, 11) is 0. The van der Waals surface area contributed by atoms with Crippen LogP contribution in [0.15, 0.2) is 41.0 Å². The summed E-state index contributed by atoms with van der Waals surface area (Å²) in [5.41, 5.74) is 6.16. The third-order valence-corrected chi connectivity index (χ3v) is 3.97. The lowest BCUT2D eigenvalue weighted by Gasteiger charge is -2.28. The summed E-state index contributed by atoms with van der Waals surface area (Å²) in [5, 5.41) is 18.8. The smallest absolute Gasteiger partial charge is 0.341 e. The predicted molar refractivity (Wildman–Crippen MR) is 94.6 cm³/mol. The SMILES string of the molecule is CCOC(=O)C1=C(C)OC(N)=C(C#N)C1c1cc(Cl)ccc1OCC(=O)O. The molecule has 0 amide bonds. The fraction of sp³-hybridized carbons (Fsp3) is 0.278. The molecule has 0 fully saturated rings. The Morgan fingerprint density at radius 3 is 2.74 bits per heavy atom. The van der Waals surface area contributed by atoms with Gasteiger partial charge in [-0.05, 0) is 32.0 Å². The highest BCUT2D eigenvalue weighted by Crippen LogP contribution is 2.43. The summed E-state index contributed by atoms with van der Waals surface area (Å²) >= 11 is 6.09. The van der Waals surface area contributed by atoms with Crippen LogP contribution >= 0.6 is 11.6 Å². The highest BCUT2D eigenvalue weighted by atomic mass is 35.5. The van der Waals surface area contributed by atoms with E-state index in [4.69, 9.17) is 36.7 Å².